The first-order valence-electron chi connectivity index (χ1n) is 6.56. The standard InChI is InChI=1S/C14H17F2N3/c1-14(2)6-3-7-17-12(14)13-18-9-5-4-8(15)10(16)11(9)19-13/h4-5,12,17H,3,6-7H2,1-2H3,(H,18,19). The molecule has 0 aliphatic carbocycles. The van der Waals surface area contributed by atoms with Gasteiger partial charge >= 0.3 is 0 Å². The molecule has 3 nitrogen and oxygen atoms in total. The number of benzene rings is 1. The minimum atomic E-state index is -0.881. The summed E-state index contributed by atoms with van der Waals surface area (Å²) in [6.45, 7) is 5.24. The fourth-order valence-corrected chi connectivity index (χ4v) is 2.85. The van der Waals surface area contributed by atoms with Gasteiger partial charge in [0, 0.05) is 0 Å². The van der Waals surface area contributed by atoms with Crippen LogP contribution in [-0.2, 0) is 0 Å². The number of imidazole rings is 1. The molecule has 1 aromatic carbocycles. The molecule has 0 spiro atoms. The van der Waals surface area contributed by atoms with Crippen molar-refractivity contribution in [3.05, 3.63) is 29.6 Å². The van der Waals surface area contributed by atoms with E-state index in [4.69, 9.17) is 0 Å². The van der Waals surface area contributed by atoms with Crippen LogP contribution in [0, 0.1) is 17.0 Å². The van der Waals surface area contributed by atoms with Crippen LogP contribution >= 0.6 is 0 Å². The van der Waals surface area contributed by atoms with Crippen LogP contribution in [0.3, 0.4) is 0 Å². The third-order valence-electron chi connectivity index (χ3n) is 3.97. The summed E-state index contributed by atoms with van der Waals surface area (Å²) in [4.78, 5) is 7.37. The molecular formula is C14H17F2N3. The topological polar surface area (TPSA) is 40.7 Å². The molecule has 1 fully saturated rings. The summed E-state index contributed by atoms with van der Waals surface area (Å²) in [5.74, 6) is -1.06. The van der Waals surface area contributed by atoms with Gasteiger partial charge in [-0.3, -0.25) is 0 Å². The Balaban J connectivity index is 2.08. The van der Waals surface area contributed by atoms with Gasteiger partial charge in [-0.2, -0.15) is 0 Å². The highest BCUT2D eigenvalue weighted by Crippen LogP contribution is 2.39. The molecule has 102 valence electrons. The van der Waals surface area contributed by atoms with Gasteiger partial charge in [0.1, 0.15) is 11.3 Å². The van der Waals surface area contributed by atoms with E-state index in [1.807, 2.05) is 0 Å². The minimum absolute atomic E-state index is 0.0381. The SMILES string of the molecule is CC1(C)CCCNC1c1nc2c(F)c(F)ccc2[nH]1. The summed E-state index contributed by atoms with van der Waals surface area (Å²) in [5, 5.41) is 3.41. The smallest absolute Gasteiger partial charge is 0.186 e. The number of H-pyrrole nitrogens is 1. The molecule has 1 aliphatic rings. The lowest BCUT2D eigenvalue weighted by Gasteiger charge is -2.38. The number of hydrogen-bond donors (Lipinski definition) is 2. The monoisotopic (exact) mass is 265 g/mol. The highest BCUT2D eigenvalue weighted by Gasteiger charge is 2.35. The van der Waals surface area contributed by atoms with Crippen molar-refractivity contribution >= 4 is 11.0 Å². The zero-order chi connectivity index (χ0) is 13.6. The summed E-state index contributed by atoms with van der Waals surface area (Å²) in [5.41, 5.74) is 0.663. The van der Waals surface area contributed by atoms with Gasteiger partial charge in [-0.1, -0.05) is 13.8 Å². The van der Waals surface area contributed by atoms with Crippen molar-refractivity contribution in [2.24, 2.45) is 5.41 Å². The fourth-order valence-electron chi connectivity index (χ4n) is 2.85. The molecule has 0 bridgehead atoms. The Morgan fingerprint density at radius 2 is 2.11 bits per heavy atom. The van der Waals surface area contributed by atoms with Crippen molar-refractivity contribution in [3.63, 3.8) is 0 Å². The number of aromatic nitrogens is 2. The van der Waals surface area contributed by atoms with Crippen molar-refractivity contribution in [2.45, 2.75) is 32.7 Å². The number of aromatic amines is 1. The van der Waals surface area contributed by atoms with Gasteiger partial charge in [0.15, 0.2) is 11.6 Å². The Morgan fingerprint density at radius 1 is 1.32 bits per heavy atom. The first-order valence-corrected chi connectivity index (χ1v) is 6.56. The molecular weight excluding hydrogens is 248 g/mol. The summed E-state index contributed by atoms with van der Waals surface area (Å²) in [7, 11) is 0. The van der Waals surface area contributed by atoms with Crippen molar-refractivity contribution in [3.8, 4) is 0 Å². The van der Waals surface area contributed by atoms with Crippen LogP contribution in [0.2, 0.25) is 0 Å². The van der Waals surface area contributed by atoms with Crippen molar-refractivity contribution in [1.82, 2.24) is 15.3 Å². The first-order chi connectivity index (χ1) is 8.99. The van der Waals surface area contributed by atoms with Crippen molar-refractivity contribution < 1.29 is 8.78 Å². The number of halogens is 2. The second kappa shape index (κ2) is 4.27. The molecule has 1 saturated heterocycles. The van der Waals surface area contributed by atoms with Gasteiger partial charge in [-0.15, -0.1) is 0 Å². The molecule has 1 unspecified atom stereocenters. The predicted molar refractivity (Wildman–Crippen MR) is 69.8 cm³/mol. The second-order valence-electron chi connectivity index (χ2n) is 5.86. The predicted octanol–water partition coefficient (Wildman–Crippen LogP) is 3.29. The Bertz CT molecular complexity index is 618. The molecule has 1 atom stereocenters. The minimum Gasteiger partial charge on any atom is -0.341 e. The van der Waals surface area contributed by atoms with Crippen LogP contribution < -0.4 is 5.32 Å². The molecule has 2 heterocycles. The number of hydrogen-bond acceptors (Lipinski definition) is 2. The van der Waals surface area contributed by atoms with Crippen molar-refractivity contribution in [1.29, 1.82) is 0 Å². The normalized spacial score (nSPS) is 22.8. The lowest BCUT2D eigenvalue weighted by Crippen LogP contribution is -2.40. The van der Waals surface area contributed by atoms with E-state index >= 15 is 0 Å². The number of nitrogens with zero attached hydrogens (tertiary/aromatic N) is 1. The van der Waals surface area contributed by atoms with Gasteiger partial charge in [0.25, 0.3) is 0 Å². The molecule has 19 heavy (non-hydrogen) atoms. The van der Waals surface area contributed by atoms with Crippen molar-refractivity contribution in [2.75, 3.05) is 6.54 Å². The summed E-state index contributed by atoms with van der Waals surface area (Å²) in [6.07, 6.45) is 2.20. The van der Waals surface area contributed by atoms with Crippen LogP contribution in [-0.4, -0.2) is 16.5 Å². The molecule has 1 aliphatic heterocycles. The van der Waals surface area contributed by atoms with Gasteiger partial charge in [0.2, 0.25) is 0 Å². The highest BCUT2D eigenvalue weighted by molar-refractivity contribution is 5.75. The van der Waals surface area contributed by atoms with Crippen LogP contribution in [0.4, 0.5) is 8.78 Å². The van der Waals surface area contributed by atoms with Gasteiger partial charge in [-0.05, 0) is 36.9 Å². The average molecular weight is 265 g/mol. The van der Waals surface area contributed by atoms with E-state index in [1.54, 1.807) is 0 Å². The molecule has 1 aromatic heterocycles. The summed E-state index contributed by atoms with van der Waals surface area (Å²) < 4.78 is 26.9. The zero-order valence-corrected chi connectivity index (χ0v) is 11.1. The number of rotatable bonds is 1. The maximum Gasteiger partial charge on any atom is 0.186 e. The third-order valence-corrected chi connectivity index (χ3v) is 3.97. The van der Waals surface area contributed by atoms with E-state index in [-0.39, 0.29) is 17.0 Å². The first kappa shape index (κ1) is 12.5. The molecule has 2 aromatic rings. The van der Waals surface area contributed by atoms with Crippen LogP contribution in [0.1, 0.15) is 38.6 Å². The second-order valence-corrected chi connectivity index (χ2v) is 5.86. The molecule has 5 heteroatoms. The van der Waals surface area contributed by atoms with E-state index in [9.17, 15) is 8.78 Å². The van der Waals surface area contributed by atoms with E-state index < -0.39 is 11.6 Å². The third kappa shape index (κ3) is 2.02. The Morgan fingerprint density at radius 3 is 2.84 bits per heavy atom. The van der Waals surface area contributed by atoms with Crippen LogP contribution in [0.5, 0.6) is 0 Å². The number of piperidine rings is 1. The Hall–Kier alpha value is -1.49. The van der Waals surface area contributed by atoms with E-state index in [0.29, 0.717) is 11.3 Å². The zero-order valence-electron chi connectivity index (χ0n) is 11.1. The Labute approximate surface area is 110 Å². The van der Waals surface area contributed by atoms with Gasteiger partial charge in [0.05, 0.1) is 11.6 Å². The maximum absolute atomic E-state index is 13.7. The number of fused-ring (bicyclic) bond motifs is 1. The number of nitrogens with one attached hydrogen (secondary N) is 2. The highest BCUT2D eigenvalue weighted by atomic mass is 19.2. The summed E-state index contributed by atoms with van der Waals surface area (Å²) >= 11 is 0. The lowest BCUT2D eigenvalue weighted by atomic mass is 9.77. The van der Waals surface area contributed by atoms with Crippen LogP contribution in [0.15, 0.2) is 12.1 Å². The maximum atomic E-state index is 13.7. The summed E-state index contributed by atoms with van der Waals surface area (Å²) in [6, 6.07) is 2.69. The van der Waals surface area contributed by atoms with Gasteiger partial charge < -0.3 is 10.3 Å². The van der Waals surface area contributed by atoms with E-state index in [1.165, 1.54) is 6.07 Å². The largest absolute Gasteiger partial charge is 0.341 e. The average Bonchev–Trinajstić information content (AvgIpc) is 2.78. The quantitative estimate of drug-likeness (QED) is 0.830. The van der Waals surface area contributed by atoms with E-state index in [0.717, 1.165) is 25.5 Å². The molecule has 0 radical (unpaired) electrons. The van der Waals surface area contributed by atoms with Gasteiger partial charge in [-0.25, -0.2) is 13.8 Å². The lowest BCUT2D eigenvalue weighted by molar-refractivity contribution is 0.175. The Kier molecular flexibility index (Phi) is 2.82. The molecule has 2 N–H and O–H groups in total. The molecule has 0 saturated carbocycles. The van der Waals surface area contributed by atoms with E-state index in [2.05, 4.69) is 29.1 Å². The molecule has 3 rings (SSSR count). The van der Waals surface area contributed by atoms with Crippen LogP contribution in [0.25, 0.3) is 11.0 Å². The molecule has 0 amide bonds. The fraction of sp³-hybridized carbons (Fsp3) is 0.500.